The van der Waals surface area contributed by atoms with E-state index in [0.29, 0.717) is 10.1 Å². The molecule has 0 heterocycles. The summed E-state index contributed by atoms with van der Waals surface area (Å²) in [5.41, 5.74) is 3.36. The Labute approximate surface area is 78.1 Å². The van der Waals surface area contributed by atoms with Crippen molar-refractivity contribution in [3.8, 4) is 0 Å². The van der Waals surface area contributed by atoms with E-state index in [1.807, 2.05) is 28.7 Å². The summed E-state index contributed by atoms with van der Waals surface area (Å²) in [7, 11) is 0. The first-order valence-electron chi connectivity index (χ1n) is 3.12. The molecule has 0 spiro atoms. The van der Waals surface area contributed by atoms with E-state index in [-0.39, 0.29) is 5.82 Å². The number of hydrazine groups is 1. The molecule has 0 unspecified atom stereocenters. The van der Waals surface area contributed by atoms with Crippen LogP contribution in [-0.2, 0) is 6.54 Å². The van der Waals surface area contributed by atoms with Gasteiger partial charge in [-0.2, -0.15) is 0 Å². The molecule has 0 radical (unpaired) electrons. The molecule has 11 heavy (non-hydrogen) atoms. The highest BCUT2D eigenvalue weighted by Gasteiger charge is 2.02. The second kappa shape index (κ2) is 3.99. The Kier molecular flexibility index (Phi) is 3.22. The Hall–Kier alpha value is -0.200. The summed E-state index contributed by atoms with van der Waals surface area (Å²) in [6, 6.07) is 4.94. The lowest BCUT2D eigenvalue weighted by Crippen LogP contribution is -2.21. The van der Waals surface area contributed by atoms with Gasteiger partial charge in [-0.05, 0) is 34.2 Å². The van der Waals surface area contributed by atoms with Crippen LogP contribution in [0, 0.1) is 9.39 Å². The average Bonchev–Trinajstić information content (AvgIpc) is 1.99. The average molecular weight is 266 g/mol. The molecular formula is C7H8FIN2. The molecule has 0 aliphatic rings. The van der Waals surface area contributed by atoms with Gasteiger partial charge in [0.2, 0.25) is 0 Å². The van der Waals surface area contributed by atoms with Gasteiger partial charge in [0.25, 0.3) is 0 Å². The standard InChI is InChI=1S/C7H8FIN2/c8-6-3-1-2-5(4-11-10)7(6)9/h1-3,11H,4,10H2. The van der Waals surface area contributed by atoms with E-state index in [9.17, 15) is 4.39 Å². The van der Waals surface area contributed by atoms with E-state index in [1.165, 1.54) is 6.07 Å². The first-order valence-corrected chi connectivity index (χ1v) is 4.20. The first kappa shape index (κ1) is 8.89. The summed E-state index contributed by atoms with van der Waals surface area (Å²) < 4.78 is 13.5. The van der Waals surface area contributed by atoms with Crippen LogP contribution in [0.5, 0.6) is 0 Å². The molecule has 1 rings (SSSR count). The smallest absolute Gasteiger partial charge is 0.136 e. The van der Waals surface area contributed by atoms with E-state index < -0.39 is 0 Å². The summed E-state index contributed by atoms with van der Waals surface area (Å²) in [6.45, 7) is 0.496. The largest absolute Gasteiger partial charge is 0.271 e. The zero-order valence-corrected chi connectivity index (χ0v) is 7.93. The summed E-state index contributed by atoms with van der Waals surface area (Å²) in [5.74, 6) is 4.91. The lowest BCUT2D eigenvalue weighted by molar-refractivity contribution is 0.613. The lowest BCUT2D eigenvalue weighted by Gasteiger charge is -2.02. The number of rotatable bonds is 2. The maximum atomic E-state index is 12.8. The van der Waals surface area contributed by atoms with Crippen LogP contribution in [0.2, 0.25) is 0 Å². The third-order valence-corrected chi connectivity index (χ3v) is 2.53. The van der Waals surface area contributed by atoms with Gasteiger partial charge in [0, 0.05) is 6.54 Å². The minimum absolute atomic E-state index is 0.196. The Morgan fingerprint density at radius 3 is 2.91 bits per heavy atom. The van der Waals surface area contributed by atoms with Gasteiger partial charge in [-0.15, -0.1) is 0 Å². The number of hydrogen-bond acceptors (Lipinski definition) is 2. The van der Waals surface area contributed by atoms with Crippen LogP contribution < -0.4 is 11.3 Å². The van der Waals surface area contributed by atoms with Crippen molar-refractivity contribution in [1.82, 2.24) is 5.43 Å². The molecule has 60 valence electrons. The predicted octanol–water partition coefficient (Wildman–Crippen LogP) is 1.39. The lowest BCUT2D eigenvalue weighted by atomic mass is 10.2. The third kappa shape index (κ3) is 2.11. The number of hydrogen-bond donors (Lipinski definition) is 2. The number of nitrogens with two attached hydrogens (primary N) is 1. The second-order valence-corrected chi connectivity index (χ2v) is 3.17. The van der Waals surface area contributed by atoms with Crippen LogP contribution in [0.4, 0.5) is 4.39 Å². The minimum Gasteiger partial charge on any atom is -0.271 e. The van der Waals surface area contributed by atoms with Gasteiger partial charge >= 0.3 is 0 Å². The number of benzene rings is 1. The van der Waals surface area contributed by atoms with Crippen molar-refractivity contribution in [2.45, 2.75) is 6.54 Å². The van der Waals surface area contributed by atoms with Crippen molar-refractivity contribution in [1.29, 1.82) is 0 Å². The molecule has 0 aliphatic carbocycles. The molecule has 0 fully saturated rings. The van der Waals surface area contributed by atoms with E-state index in [2.05, 4.69) is 5.43 Å². The van der Waals surface area contributed by atoms with Crippen LogP contribution in [-0.4, -0.2) is 0 Å². The number of halogens is 2. The Morgan fingerprint density at radius 2 is 2.27 bits per heavy atom. The molecule has 0 saturated carbocycles. The van der Waals surface area contributed by atoms with Crippen molar-refractivity contribution >= 4 is 22.6 Å². The highest BCUT2D eigenvalue weighted by atomic mass is 127. The predicted molar refractivity (Wildman–Crippen MR) is 50.1 cm³/mol. The molecule has 0 bridgehead atoms. The minimum atomic E-state index is -0.196. The Bertz CT molecular complexity index is 252. The van der Waals surface area contributed by atoms with Crippen LogP contribution in [0.25, 0.3) is 0 Å². The molecule has 0 atom stereocenters. The van der Waals surface area contributed by atoms with Gasteiger partial charge in [-0.1, -0.05) is 12.1 Å². The second-order valence-electron chi connectivity index (χ2n) is 2.09. The van der Waals surface area contributed by atoms with Crippen molar-refractivity contribution in [3.05, 3.63) is 33.1 Å². The quantitative estimate of drug-likeness (QED) is 0.482. The van der Waals surface area contributed by atoms with Crippen molar-refractivity contribution in [2.24, 2.45) is 5.84 Å². The summed E-state index contributed by atoms with van der Waals surface area (Å²) in [6.07, 6.45) is 0. The normalized spacial score (nSPS) is 10.1. The molecule has 1 aromatic carbocycles. The van der Waals surface area contributed by atoms with Crippen molar-refractivity contribution < 1.29 is 4.39 Å². The SMILES string of the molecule is NNCc1cccc(F)c1I. The van der Waals surface area contributed by atoms with Crippen molar-refractivity contribution in [3.63, 3.8) is 0 Å². The summed E-state index contributed by atoms with van der Waals surface area (Å²) in [4.78, 5) is 0. The fraction of sp³-hybridized carbons (Fsp3) is 0.143. The van der Waals surface area contributed by atoms with Gasteiger partial charge in [-0.3, -0.25) is 11.3 Å². The molecule has 4 heteroatoms. The van der Waals surface area contributed by atoms with Crippen LogP contribution in [0.15, 0.2) is 18.2 Å². The molecule has 0 aromatic heterocycles. The molecule has 2 nitrogen and oxygen atoms in total. The fourth-order valence-electron chi connectivity index (χ4n) is 0.795. The van der Waals surface area contributed by atoms with Crippen LogP contribution in [0.3, 0.4) is 0 Å². The van der Waals surface area contributed by atoms with Gasteiger partial charge < -0.3 is 0 Å². The van der Waals surface area contributed by atoms with E-state index in [1.54, 1.807) is 6.07 Å². The topological polar surface area (TPSA) is 38.0 Å². The highest BCUT2D eigenvalue weighted by molar-refractivity contribution is 14.1. The van der Waals surface area contributed by atoms with E-state index in [4.69, 9.17) is 5.84 Å². The molecular weight excluding hydrogens is 258 g/mol. The maximum Gasteiger partial charge on any atom is 0.136 e. The summed E-state index contributed by atoms with van der Waals surface area (Å²) >= 11 is 1.96. The zero-order chi connectivity index (χ0) is 8.27. The van der Waals surface area contributed by atoms with Gasteiger partial charge in [0.1, 0.15) is 5.82 Å². The number of nitrogens with one attached hydrogen (secondary N) is 1. The monoisotopic (exact) mass is 266 g/mol. The van der Waals surface area contributed by atoms with Gasteiger partial charge in [0.05, 0.1) is 3.57 Å². The van der Waals surface area contributed by atoms with Gasteiger partial charge in [-0.25, -0.2) is 4.39 Å². The maximum absolute atomic E-state index is 12.8. The Balaban J connectivity index is 2.96. The third-order valence-electron chi connectivity index (χ3n) is 1.32. The van der Waals surface area contributed by atoms with Crippen LogP contribution >= 0.6 is 22.6 Å². The zero-order valence-electron chi connectivity index (χ0n) is 5.77. The highest BCUT2D eigenvalue weighted by Crippen LogP contribution is 2.15. The summed E-state index contributed by atoms with van der Waals surface area (Å²) in [5, 5.41) is 0. The van der Waals surface area contributed by atoms with E-state index >= 15 is 0 Å². The molecule has 1 aromatic rings. The molecule has 0 saturated heterocycles. The first-order chi connectivity index (χ1) is 5.25. The molecule has 0 amide bonds. The van der Waals surface area contributed by atoms with Crippen LogP contribution in [0.1, 0.15) is 5.56 Å². The molecule has 3 N–H and O–H groups in total. The van der Waals surface area contributed by atoms with E-state index in [0.717, 1.165) is 5.56 Å². The van der Waals surface area contributed by atoms with Crippen molar-refractivity contribution in [2.75, 3.05) is 0 Å². The Morgan fingerprint density at radius 1 is 1.55 bits per heavy atom. The molecule has 0 aliphatic heterocycles. The fourth-order valence-corrected chi connectivity index (χ4v) is 1.35. The van der Waals surface area contributed by atoms with Gasteiger partial charge in [0.15, 0.2) is 0 Å².